The van der Waals surface area contributed by atoms with Gasteiger partial charge in [0.05, 0.1) is 11.9 Å². The zero-order valence-corrected chi connectivity index (χ0v) is 10.8. The average Bonchev–Trinajstić information content (AvgIpc) is 3.06. The van der Waals surface area contributed by atoms with Crippen LogP contribution < -0.4 is 0 Å². The molecule has 0 aliphatic rings. The summed E-state index contributed by atoms with van der Waals surface area (Å²) in [7, 11) is 1.69. The molecule has 6 heteroatoms. The van der Waals surface area contributed by atoms with Gasteiger partial charge in [-0.1, -0.05) is 18.2 Å². The number of nitrogens with zero attached hydrogens (tertiary/aromatic N) is 4. The first kappa shape index (κ1) is 12.2. The second kappa shape index (κ2) is 4.65. The van der Waals surface area contributed by atoms with Crippen molar-refractivity contribution in [3.63, 3.8) is 0 Å². The van der Waals surface area contributed by atoms with E-state index in [2.05, 4.69) is 10.2 Å². The summed E-state index contributed by atoms with van der Waals surface area (Å²) in [4.78, 5) is 11.2. The number of para-hydroxylation sites is 1. The standard InChI is InChI=1S/C14H12N4O2/c1-17-9-12(14(19)20)13(16-17)10-7-15-18(8-10)11-5-3-2-4-6-11/h2-9H,1H3,(H,19,20). The molecule has 0 bridgehead atoms. The summed E-state index contributed by atoms with van der Waals surface area (Å²) in [5, 5.41) is 17.6. The highest BCUT2D eigenvalue weighted by Gasteiger charge is 2.17. The van der Waals surface area contributed by atoms with Crippen LogP contribution in [-0.2, 0) is 7.05 Å². The second-order valence-corrected chi connectivity index (χ2v) is 4.38. The summed E-state index contributed by atoms with van der Waals surface area (Å²) in [5.74, 6) is -0.999. The first-order valence-corrected chi connectivity index (χ1v) is 6.02. The average molecular weight is 268 g/mol. The Bertz CT molecular complexity index is 759. The molecule has 0 aliphatic carbocycles. The molecule has 0 saturated heterocycles. The highest BCUT2D eigenvalue weighted by molar-refractivity contribution is 5.94. The van der Waals surface area contributed by atoms with Crippen molar-refractivity contribution in [3.05, 3.63) is 54.5 Å². The molecule has 0 amide bonds. The van der Waals surface area contributed by atoms with Gasteiger partial charge < -0.3 is 5.11 Å². The number of aromatic carboxylic acids is 1. The lowest BCUT2D eigenvalue weighted by atomic mass is 10.1. The maximum Gasteiger partial charge on any atom is 0.339 e. The summed E-state index contributed by atoms with van der Waals surface area (Å²) < 4.78 is 3.17. The van der Waals surface area contributed by atoms with Crippen molar-refractivity contribution < 1.29 is 9.90 Å². The Morgan fingerprint density at radius 2 is 1.95 bits per heavy atom. The topological polar surface area (TPSA) is 72.9 Å². The number of hydrogen-bond donors (Lipinski definition) is 1. The lowest BCUT2D eigenvalue weighted by Crippen LogP contribution is -1.96. The third-order valence-electron chi connectivity index (χ3n) is 2.94. The van der Waals surface area contributed by atoms with Gasteiger partial charge in [0, 0.05) is 25.0 Å². The van der Waals surface area contributed by atoms with E-state index in [9.17, 15) is 9.90 Å². The van der Waals surface area contributed by atoms with E-state index in [0.29, 0.717) is 11.3 Å². The molecular weight excluding hydrogens is 256 g/mol. The molecule has 2 heterocycles. The lowest BCUT2D eigenvalue weighted by molar-refractivity contribution is 0.0697. The molecular formula is C14H12N4O2. The van der Waals surface area contributed by atoms with Gasteiger partial charge in [0.2, 0.25) is 0 Å². The SMILES string of the molecule is Cn1cc(C(=O)O)c(-c2cnn(-c3ccccc3)c2)n1. The zero-order chi connectivity index (χ0) is 14.1. The van der Waals surface area contributed by atoms with Crippen molar-refractivity contribution in [3.8, 4) is 16.9 Å². The molecule has 0 fully saturated rings. The Morgan fingerprint density at radius 1 is 1.20 bits per heavy atom. The van der Waals surface area contributed by atoms with E-state index in [-0.39, 0.29) is 5.56 Å². The van der Waals surface area contributed by atoms with Crippen LogP contribution in [0, 0.1) is 0 Å². The molecule has 3 aromatic rings. The zero-order valence-electron chi connectivity index (χ0n) is 10.8. The first-order valence-electron chi connectivity index (χ1n) is 6.02. The van der Waals surface area contributed by atoms with Gasteiger partial charge in [0.15, 0.2) is 0 Å². The maximum absolute atomic E-state index is 11.2. The maximum atomic E-state index is 11.2. The number of aromatic nitrogens is 4. The Kier molecular flexibility index (Phi) is 2.83. The van der Waals surface area contributed by atoms with Gasteiger partial charge in [-0.15, -0.1) is 0 Å². The van der Waals surface area contributed by atoms with Crippen molar-refractivity contribution in [2.24, 2.45) is 7.05 Å². The number of carbonyl (C=O) groups is 1. The summed E-state index contributed by atoms with van der Waals surface area (Å²) in [6.07, 6.45) is 4.86. The van der Waals surface area contributed by atoms with Gasteiger partial charge >= 0.3 is 5.97 Å². The van der Waals surface area contributed by atoms with E-state index >= 15 is 0 Å². The first-order chi connectivity index (χ1) is 9.65. The number of aryl methyl sites for hydroxylation is 1. The lowest BCUT2D eigenvalue weighted by Gasteiger charge is -1.99. The van der Waals surface area contributed by atoms with Crippen molar-refractivity contribution in [2.45, 2.75) is 0 Å². The minimum absolute atomic E-state index is 0.167. The monoisotopic (exact) mass is 268 g/mol. The Morgan fingerprint density at radius 3 is 2.65 bits per heavy atom. The molecule has 100 valence electrons. The fraction of sp³-hybridized carbons (Fsp3) is 0.0714. The van der Waals surface area contributed by atoms with Crippen LogP contribution in [0.15, 0.2) is 48.9 Å². The number of carboxylic acids is 1. The molecule has 20 heavy (non-hydrogen) atoms. The van der Waals surface area contributed by atoms with Gasteiger partial charge in [-0.25, -0.2) is 9.48 Å². The third kappa shape index (κ3) is 2.07. The molecule has 0 unspecified atom stereocenters. The normalized spacial score (nSPS) is 10.7. The van der Waals surface area contributed by atoms with Crippen LogP contribution in [0.5, 0.6) is 0 Å². The number of benzene rings is 1. The van der Waals surface area contributed by atoms with E-state index in [1.807, 2.05) is 30.3 Å². The molecule has 2 aromatic heterocycles. The van der Waals surface area contributed by atoms with Gasteiger partial charge in [-0.05, 0) is 12.1 Å². The van der Waals surface area contributed by atoms with Crippen LogP contribution in [0.25, 0.3) is 16.9 Å². The fourth-order valence-corrected chi connectivity index (χ4v) is 2.03. The quantitative estimate of drug-likeness (QED) is 0.788. The molecule has 1 aromatic carbocycles. The minimum Gasteiger partial charge on any atom is -0.478 e. The molecule has 6 nitrogen and oxygen atoms in total. The smallest absolute Gasteiger partial charge is 0.339 e. The summed E-state index contributed by atoms with van der Waals surface area (Å²) >= 11 is 0. The number of rotatable bonds is 3. The summed E-state index contributed by atoms with van der Waals surface area (Å²) in [6.45, 7) is 0. The number of carboxylic acid groups (broad SMARTS) is 1. The van der Waals surface area contributed by atoms with Crippen molar-refractivity contribution in [2.75, 3.05) is 0 Å². The third-order valence-corrected chi connectivity index (χ3v) is 2.94. The van der Waals surface area contributed by atoms with Crippen molar-refractivity contribution in [1.29, 1.82) is 0 Å². The molecule has 0 aliphatic heterocycles. The predicted octanol–water partition coefficient (Wildman–Crippen LogP) is 1.97. The fourth-order valence-electron chi connectivity index (χ4n) is 2.03. The molecule has 0 saturated carbocycles. The highest BCUT2D eigenvalue weighted by atomic mass is 16.4. The van der Waals surface area contributed by atoms with Crippen LogP contribution in [0.4, 0.5) is 0 Å². The van der Waals surface area contributed by atoms with Gasteiger partial charge in [-0.2, -0.15) is 10.2 Å². The Labute approximate surface area is 114 Å². The largest absolute Gasteiger partial charge is 0.478 e. The second-order valence-electron chi connectivity index (χ2n) is 4.38. The van der Waals surface area contributed by atoms with Crippen LogP contribution in [0.2, 0.25) is 0 Å². The van der Waals surface area contributed by atoms with Crippen LogP contribution in [0.1, 0.15) is 10.4 Å². The van der Waals surface area contributed by atoms with E-state index in [0.717, 1.165) is 5.69 Å². The Balaban J connectivity index is 2.05. The van der Waals surface area contributed by atoms with Gasteiger partial charge in [-0.3, -0.25) is 4.68 Å². The minimum atomic E-state index is -0.999. The number of hydrogen-bond acceptors (Lipinski definition) is 3. The summed E-state index contributed by atoms with van der Waals surface area (Å²) in [5.41, 5.74) is 2.17. The molecule has 0 radical (unpaired) electrons. The van der Waals surface area contributed by atoms with E-state index in [1.165, 1.54) is 10.9 Å². The van der Waals surface area contributed by atoms with Gasteiger partial charge in [0.1, 0.15) is 11.3 Å². The van der Waals surface area contributed by atoms with E-state index in [4.69, 9.17) is 0 Å². The van der Waals surface area contributed by atoms with E-state index < -0.39 is 5.97 Å². The Hall–Kier alpha value is -2.89. The molecule has 1 N–H and O–H groups in total. The van der Waals surface area contributed by atoms with Crippen molar-refractivity contribution in [1.82, 2.24) is 19.6 Å². The van der Waals surface area contributed by atoms with E-state index in [1.54, 1.807) is 24.1 Å². The van der Waals surface area contributed by atoms with Crippen LogP contribution in [0.3, 0.4) is 0 Å². The molecule has 3 rings (SSSR count). The predicted molar refractivity (Wildman–Crippen MR) is 72.7 cm³/mol. The van der Waals surface area contributed by atoms with Gasteiger partial charge in [0.25, 0.3) is 0 Å². The van der Waals surface area contributed by atoms with Crippen LogP contribution in [-0.4, -0.2) is 30.6 Å². The van der Waals surface area contributed by atoms with Crippen LogP contribution >= 0.6 is 0 Å². The highest BCUT2D eigenvalue weighted by Crippen LogP contribution is 2.22. The molecule has 0 spiro atoms. The van der Waals surface area contributed by atoms with Crippen molar-refractivity contribution >= 4 is 5.97 Å². The summed E-state index contributed by atoms with van der Waals surface area (Å²) in [6, 6.07) is 9.61. The molecule has 0 atom stereocenters.